The summed E-state index contributed by atoms with van der Waals surface area (Å²) in [6, 6.07) is 16.3. The summed E-state index contributed by atoms with van der Waals surface area (Å²) in [6.07, 6.45) is 1.82. The van der Waals surface area contributed by atoms with Crippen molar-refractivity contribution >= 4 is 0 Å². The molecule has 1 aliphatic rings. The van der Waals surface area contributed by atoms with E-state index in [1.165, 1.54) is 18.9 Å². The number of aliphatic hydroxyl groups is 1. The number of aliphatic hydroxyl groups excluding tert-OH is 1. The van der Waals surface area contributed by atoms with Gasteiger partial charge in [-0.2, -0.15) is 5.10 Å². The van der Waals surface area contributed by atoms with Crippen molar-refractivity contribution in [3.63, 3.8) is 0 Å². The van der Waals surface area contributed by atoms with E-state index in [0.717, 1.165) is 23.4 Å². The molecular formula is C26H32FN3O3. The molecule has 0 aliphatic heterocycles. The number of aryl methyl sites for hydroxylation is 1. The van der Waals surface area contributed by atoms with E-state index >= 15 is 0 Å². The van der Waals surface area contributed by atoms with Crippen LogP contribution in [-0.2, 0) is 18.3 Å². The molecule has 7 heteroatoms. The van der Waals surface area contributed by atoms with Gasteiger partial charge in [0, 0.05) is 38.9 Å². The Morgan fingerprint density at radius 3 is 2.58 bits per heavy atom. The van der Waals surface area contributed by atoms with Crippen molar-refractivity contribution in [1.82, 2.24) is 14.7 Å². The van der Waals surface area contributed by atoms with E-state index in [-0.39, 0.29) is 5.75 Å². The molecule has 0 radical (unpaired) electrons. The average molecular weight is 454 g/mol. The molecule has 176 valence electrons. The fraction of sp³-hybridized carbons (Fsp3) is 0.423. The Labute approximate surface area is 194 Å². The van der Waals surface area contributed by atoms with Crippen LogP contribution in [0.5, 0.6) is 11.6 Å². The number of para-hydroxylation sites is 1. The van der Waals surface area contributed by atoms with E-state index < -0.39 is 11.9 Å². The van der Waals surface area contributed by atoms with Crippen LogP contribution in [0.2, 0.25) is 0 Å². The topological polar surface area (TPSA) is 59.8 Å². The van der Waals surface area contributed by atoms with Crippen LogP contribution < -0.4 is 4.74 Å². The zero-order chi connectivity index (χ0) is 23.2. The molecule has 0 saturated heterocycles. The lowest BCUT2D eigenvalue weighted by Crippen LogP contribution is -2.36. The summed E-state index contributed by atoms with van der Waals surface area (Å²) in [4.78, 5) is 2.24. The molecule has 1 aromatic heterocycles. The quantitative estimate of drug-likeness (QED) is 0.433. The van der Waals surface area contributed by atoms with Gasteiger partial charge in [0.15, 0.2) is 11.6 Å². The van der Waals surface area contributed by atoms with Gasteiger partial charge >= 0.3 is 0 Å². The number of halogens is 1. The predicted octanol–water partition coefficient (Wildman–Crippen LogP) is 4.63. The first-order valence-electron chi connectivity index (χ1n) is 11.6. The van der Waals surface area contributed by atoms with E-state index in [2.05, 4.69) is 4.90 Å². The normalized spacial score (nSPS) is 14.6. The van der Waals surface area contributed by atoms with Crippen molar-refractivity contribution in [2.75, 3.05) is 26.3 Å². The molecule has 2 aromatic carbocycles. The van der Waals surface area contributed by atoms with Gasteiger partial charge in [-0.15, -0.1) is 0 Å². The van der Waals surface area contributed by atoms with E-state index in [0.29, 0.717) is 38.1 Å². The largest absolute Gasteiger partial charge is 0.436 e. The molecule has 1 saturated carbocycles. The third-order valence-corrected chi connectivity index (χ3v) is 5.76. The molecule has 0 bridgehead atoms. The maximum Gasteiger partial charge on any atom is 0.222 e. The molecule has 33 heavy (non-hydrogen) atoms. The first-order valence-corrected chi connectivity index (χ1v) is 11.6. The lowest BCUT2D eigenvalue weighted by Gasteiger charge is -2.25. The van der Waals surface area contributed by atoms with Crippen LogP contribution in [0.3, 0.4) is 0 Å². The van der Waals surface area contributed by atoms with Crippen LogP contribution in [0.25, 0.3) is 11.3 Å². The van der Waals surface area contributed by atoms with Crippen LogP contribution in [0.15, 0.2) is 54.6 Å². The van der Waals surface area contributed by atoms with Gasteiger partial charge in [0.05, 0.1) is 18.3 Å². The minimum Gasteiger partial charge on any atom is -0.436 e. The zero-order valence-corrected chi connectivity index (χ0v) is 19.3. The number of hydrogen-bond donors (Lipinski definition) is 1. The first kappa shape index (κ1) is 23.4. The summed E-state index contributed by atoms with van der Waals surface area (Å²) in [5.41, 5.74) is 2.63. The molecule has 3 aromatic rings. The lowest BCUT2D eigenvalue weighted by molar-refractivity contribution is 0.0186. The molecule has 1 atom stereocenters. The molecule has 0 spiro atoms. The van der Waals surface area contributed by atoms with Gasteiger partial charge < -0.3 is 14.6 Å². The van der Waals surface area contributed by atoms with Crippen molar-refractivity contribution in [1.29, 1.82) is 0 Å². The molecule has 0 unspecified atom stereocenters. The van der Waals surface area contributed by atoms with Crippen LogP contribution in [-0.4, -0.2) is 52.2 Å². The van der Waals surface area contributed by atoms with Gasteiger partial charge in [0.25, 0.3) is 0 Å². The second-order valence-corrected chi connectivity index (χ2v) is 8.61. The molecule has 1 aliphatic carbocycles. The van der Waals surface area contributed by atoms with Crippen LogP contribution in [0, 0.1) is 11.7 Å². The number of hydrogen-bond acceptors (Lipinski definition) is 5. The standard InChI is InChI=1S/C26H32FN3O3/c1-3-32-18-21(31)16-30(15-19-13-14-19)17-22-25(20-9-5-4-6-10-20)28-29(2)26(22)33-24-12-8-7-11-23(24)27/h4-12,19,21,31H,3,13-18H2,1-2H3/t21-/m1/s1. The Morgan fingerprint density at radius 1 is 1.15 bits per heavy atom. The van der Waals surface area contributed by atoms with Crippen LogP contribution in [0.1, 0.15) is 25.3 Å². The number of rotatable bonds is 12. The van der Waals surface area contributed by atoms with E-state index in [1.807, 2.05) is 37.3 Å². The van der Waals surface area contributed by atoms with Crippen molar-refractivity contribution in [2.45, 2.75) is 32.4 Å². The maximum atomic E-state index is 14.4. The lowest BCUT2D eigenvalue weighted by atomic mass is 10.1. The molecule has 4 rings (SSSR count). The molecule has 6 nitrogen and oxygen atoms in total. The Bertz CT molecular complexity index is 1040. The van der Waals surface area contributed by atoms with E-state index in [1.54, 1.807) is 29.9 Å². The summed E-state index contributed by atoms with van der Waals surface area (Å²) >= 11 is 0. The Hall–Kier alpha value is -2.74. The van der Waals surface area contributed by atoms with E-state index in [9.17, 15) is 9.50 Å². The number of aromatic nitrogens is 2. The van der Waals surface area contributed by atoms with Crippen molar-refractivity contribution in [2.24, 2.45) is 13.0 Å². The Balaban J connectivity index is 1.67. The summed E-state index contributed by atoms with van der Waals surface area (Å²) in [5.74, 6) is 0.871. The SMILES string of the molecule is CCOC[C@H](O)CN(Cc1c(-c2ccccc2)nn(C)c1Oc1ccccc1F)CC1CC1. The van der Waals surface area contributed by atoms with Gasteiger partial charge in [0.2, 0.25) is 5.88 Å². The highest BCUT2D eigenvalue weighted by Gasteiger charge is 2.28. The van der Waals surface area contributed by atoms with Crippen molar-refractivity contribution in [3.05, 3.63) is 66.0 Å². The van der Waals surface area contributed by atoms with Crippen LogP contribution in [0.4, 0.5) is 4.39 Å². The molecule has 1 N–H and O–H groups in total. The summed E-state index contributed by atoms with van der Waals surface area (Å²) in [7, 11) is 1.81. The molecule has 0 amide bonds. The number of benzene rings is 2. The second kappa shape index (κ2) is 10.9. The highest BCUT2D eigenvalue weighted by atomic mass is 19.1. The van der Waals surface area contributed by atoms with Gasteiger partial charge in [-0.3, -0.25) is 4.90 Å². The van der Waals surface area contributed by atoms with E-state index in [4.69, 9.17) is 14.6 Å². The van der Waals surface area contributed by atoms with Gasteiger partial charge in [-0.05, 0) is 37.8 Å². The van der Waals surface area contributed by atoms with Crippen molar-refractivity contribution in [3.8, 4) is 22.9 Å². The Morgan fingerprint density at radius 2 is 1.88 bits per heavy atom. The molecule has 1 fully saturated rings. The fourth-order valence-corrected chi connectivity index (χ4v) is 3.98. The molecule has 1 heterocycles. The highest BCUT2D eigenvalue weighted by molar-refractivity contribution is 5.65. The monoisotopic (exact) mass is 453 g/mol. The summed E-state index contributed by atoms with van der Waals surface area (Å²) in [5, 5.41) is 15.3. The van der Waals surface area contributed by atoms with Gasteiger partial charge in [-0.1, -0.05) is 42.5 Å². The van der Waals surface area contributed by atoms with Crippen LogP contribution >= 0.6 is 0 Å². The zero-order valence-electron chi connectivity index (χ0n) is 19.3. The minimum atomic E-state index is -0.587. The molecular weight excluding hydrogens is 421 g/mol. The number of ether oxygens (including phenoxy) is 2. The first-order chi connectivity index (χ1) is 16.0. The fourth-order valence-electron chi connectivity index (χ4n) is 3.98. The maximum absolute atomic E-state index is 14.4. The highest BCUT2D eigenvalue weighted by Crippen LogP contribution is 2.36. The van der Waals surface area contributed by atoms with Gasteiger partial charge in [0.1, 0.15) is 5.69 Å². The predicted molar refractivity (Wildman–Crippen MR) is 126 cm³/mol. The smallest absolute Gasteiger partial charge is 0.222 e. The van der Waals surface area contributed by atoms with Crippen molar-refractivity contribution < 1.29 is 19.0 Å². The summed E-state index contributed by atoms with van der Waals surface area (Å²) < 4.78 is 27.5. The number of nitrogens with zero attached hydrogens (tertiary/aromatic N) is 3. The third-order valence-electron chi connectivity index (χ3n) is 5.76. The Kier molecular flexibility index (Phi) is 7.75. The average Bonchev–Trinajstić information content (AvgIpc) is 3.58. The second-order valence-electron chi connectivity index (χ2n) is 8.61. The summed E-state index contributed by atoms with van der Waals surface area (Å²) in [6.45, 7) is 4.68. The third kappa shape index (κ3) is 6.19. The minimum absolute atomic E-state index is 0.159. The van der Waals surface area contributed by atoms with Gasteiger partial charge in [-0.25, -0.2) is 9.07 Å².